The molecular weight excluding hydrogens is 2100 g/mol. The average molecular weight is 2180 g/mol. The van der Waals surface area contributed by atoms with Crippen molar-refractivity contribution in [3.8, 4) is 21.1 Å². The molecule has 0 atom stereocenters. The summed E-state index contributed by atoms with van der Waals surface area (Å²) in [5, 5.41) is 11.1. The molecule has 9 nitrogen and oxygen atoms in total. The maximum absolute atomic E-state index is 11.9. The van der Waals surface area contributed by atoms with Gasteiger partial charge >= 0.3 is 11.6 Å². The summed E-state index contributed by atoms with van der Waals surface area (Å²) in [7, 11) is 0. The van der Waals surface area contributed by atoms with E-state index in [0.717, 1.165) is 70.7 Å². The number of nitrogens with two attached hydrogens (primary N) is 1. The van der Waals surface area contributed by atoms with Crippen LogP contribution < -0.4 is 16.4 Å². The van der Waals surface area contributed by atoms with Gasteiger partial charge in [-0.2, -0.15) is 8.42 Å². The first-order chi connectivity index (χ1) is 52.1. The smallest absolute Gasteiger partial charge is 0.335 e. The van der Waals surface area contributed by atoms with Crippen LogP contribution in [-0.4, -0.2) is 69.8 Å². The van der Waals surface area contributed by atoms with E-state index in [4.69, 9.17) is 96.0 Å². The molecule has 580 valence electrons. The van der Waals surface area contributed by atoms with Crippen LogP contribution in [0.3, 0.4) is 0 Å². The number of thiocarbonyl (C=S) groups is 1. The zero-order chi connectivity index (χ0) is 81.2. The Kier molecular flexibility index (Phi) is 56.2. The fourth-order valence-electron chi connectivity index (χ4n) is 7.64. The van der Waals surface area contributed by atoms with Crippen molar-refractivity contribution in [1.82, 2.24) is 9.97 Å². The van der Waals surface area contributed by atoms with Gasteiger partial charge in [0.15, 0.2) is 0 Å². The number of alkyl halides is 4. The highest BCUT2D eigenvalue weighted by atomic mass is 127. The van der Waals surface area contributed by atoms with Crippen LogP contribution in [0.5, 0.6) is 0 Å². The van der Waals surface area contributed by atoms with Crippen LogP contribution in [0.25, 0.3) is 41.6 Å². The summed E-state index contributed by atoms with van der Waals surface area (Å²) in [5.74, 6) is -0.136. The summed E-state index contributed by atoms with van der Waals surface area (Å²) in [6, 6.07) is 72.8. The molecule has 0 bridgehead atoms. The van der Waals surface area contributed by atoms with Gasteiger partial charge in [-0.1, -0.05) is 251 Å². The van der Waals surface area contributed by atoms with Crippen LogP contribution in [-0.2, 0) is 11.6 Å². The van der Waals surface area contributed by atoms with E-state index in [1.807, 2.05) is 146 Å². The van der Waals surface area contributed by atoms with Crippen molar-refractivity contribution in [3.63, 3.8) is 0 Å². The molecule has 2 aromatic heterocycles. The molecule has 27 heteroatoms. The summed E-state index contributed by atoms with van der Waals surface area (Å²) in [5.41, 5.74) is 15.7. The van der Waals surface area contributed by atoms with E-state index >= 15 is 0 Å². The number of thioether (sulfide) groups is 4. The number of carbonyl (C=O) groups excluding carboxylic acids is 2. The van der Waals surface area contributed by atoms with Crippen molar-refractivity contribution in [1.29, 1.82) is 0 Å². The molecule has 0 aliphatic rings. The van der Waals surface area contributed by atoms with Crippen LogP contribution in [0.4, 0.5) is 17.1 Å². The number of amides is 1. The van der Waals surface area contributed by atoms with Gasteiger partial charge in [0.05, 0.1) is 22.4 Å². The second-order valence-electron chi connectivity index (χ2n) is 22.1. The number of halogens is 10. The Morgan fingerprint density at radius 1 is 0.486 bits per heavy atom. The minimum atomic E-state index is -0.750. The molecular formula is C82H85Cl6I4N5O4S8. The van der Waals surface area contributed by atoms with Crippen molar-refractivity contribution in [2.75, 3.05) is 45.8 Å². The highest BCUT2D eigenvalue weighted by Gasteiger charge is 2.10. The number of nitrogens with one attached hydrogen (secondary N) is 2. The Hall–Kier alpha value is -3.31. The van der Waals surface area contributed by atoms with Crippen molar-refractivity contribution < 1.29 is 18.0 Å². The summed E-state index contributed by atoms with van der Waals surface area (Å²) in [6.07, 6.45) is 12.0. The normalized spacial score (nSPS) is 9.83. The van der Waals surface area contributed by atoms with Crippen molar-refractivity contribution in [2.24, 2.45) is 0 Å². The Labute approximate surface area is 763 Å². The third kappa shape index (κ3) is 44.4. The summed E-state index contributed by atoms with van der Waals surface area (Å²) >= 11 is 58.5. The molecule has 0 radical (unpaired) electrons. The second-order valence-corrected chi connectivity index (χ2v) is 39.7. The largest absolute Gasteiger partial charge is 0.399 e. The molecule has 2 heterocycles. The summed E-state index contributed by atoms with van der Waals surface area (Å²) in [4.78, 5) is 37.3. The van der Waals surface area contributed by atoms with Crippen molar-refractivity contribution >= 4 is 307 Å². The van der Waals surface area contributed by atoms with Gasteiger partial charge < -0.3 is 16.4 Å². The van der Waals surface area contributed by atoms with Crippen molar-refractivity contribution in [2.45, 2.75) is 93.2 Å². The van der Waals surface area contributed by atoms with Crippen LogP contribution in [0.15, 0.2) is 250 Å². The zero-order valence-corrected chi connectivity index (χ0v) is 81.3. The average Bonchev–Trinajstić information content (AvgIpc) is 1.65. The lowest BCUT2D eigenvalue weighted by molar-refractivity contribution is 0.102. The third-order valence-electron chi connectivity index (χ3n) is 12.9. The zero-order valence-electron chi connectivity index (χ0n) is 61.6. The number of nitrogen functional groups attached to an aromatic ring is 1. The van der Waals surface area contributed by atoms with Gasteiger partial charge in [-0.05, 0) is 254 Å². The van der Waals surface area contributed by atoms with E-state index in [-0.39, 0.29) is 5.91 Å². The van der Waals surface area contributed by atoms with E-state index in [1.54, 1.807) is 118 Å². The molecule has 0 fully saturated rings. The number of hydrogen-bond donors (Lipinski definition) is 3. The fraction of sp³-hybridized carbons (Fsp3) is 0.207. The summed E-state index contributed by atoms with van der Waals surface area (Å²) < 4.78 is 22.0. The lowest BCUT2D eigenvalue weighted by Gasteiger charge is -2.08. The molecule has 0 spiro atoms. The number of anilines is 3. The monoisotopic (exact) mass is 2180 g/mol. The predicted molar refractivity (Wildman–Crippen MR) is 529 cm³/mol. The lowest BCUT2D eigenvalue weighted by atomic mass is 10.2. The molecule has 0 saturated heterocycles. The van der Waals surface area contributed by atoms with Crippen LogP contribution in [0.1, 0.15) is 92.6 Å². The number of hydrogen-bond acceptors (Lipinski definition) is 14. The van der Waals surface area contributed by atoms with E-state index in [0.29, 0.717) is 31.2 Å². The Morgan fingerprint density at radius 2 is 0.789 bits per heavy atom. The summed E-state index contributed by atoms with van der Waals surface area (Å²) in [6.45, 7) is 15.0. The number of nitrogens with zero attached hydrogens (tertiary/aromatic N) is 2. The molecule has 0 aliphatic heterocycles. The number of aromatic nitrogens is 2. The Bertz CT molecular complexity index is 4470. The van der Waals surface area contributed by atoms with Gasteiger partial charge in [-0.3, -0.25) is 9.59 Å². The fourth-order valence-corrected chi connectivity index (χ4v) is 12.5. The molecule has 4 N–H and O–H groups in total. The highest BCUT2D eigenvalue weighted by molar-refractivity contribution is 14.2. The molecule has 0 unspecified atom stereocenters. The minimum Gasteiger partial charge on any atom is -0.399 e. The van der Waals surface area contributed by atoms with E-state index in [2.05, 4.69) is 220 Å². The van der Waals surface area contributed by atoms with Gasteiger partial charge in [-0.25, -0.2) is 9.97 Å². The number of benzene rings is 10. The number of carbonyl (C=O) groups is 2. The number of fused-ring (bicyclic) bond motifs is 2. The maximum atomic E-state index is 11.9. The predicted octanol–water partition coefficient (Wildman–Crippen LogP) is 31.1. The third-order valence-corrected chi connectivity index (χ3v) is 22.7. The quantitative estimate of drug-likeness (QED) is 0.0252. The minimum absolute atomic E-state index is 0.136. The Balaban J connectivity index is 0.000000428. The van der Waals surface area contributed by atoms with E-state index < -0.39 is 16.8 Å². The van der Waals surface area contributed by atoms with E-state index in [9.17, 15) is 9.59 Å². The van der Waals surface area contributed by atoms with Gasteiger partial charge in [0.2, 0.25) is 0 Å². The first-order valence-electron chi connectivity index (χ1n) is 33.1. The number of aryl methyl sites for hydroxylation is 1. The SMILES string of the molecule is CC(C)I.CCC.CCC(I)I.CCCI.CSc1ccc(N)cc1.CSc1ccc(NC(=O)c2ccc(Cl)cc2)cc1.CSc1ccc(NC(=S)c2ccc(Cl)cc2)cc1.CSc1ccc2nc(-c3ccc(Cl)cc3)sc2c1.Cc1ccc2nc(-c3ccc(Cl)cc3)sc2c1.O=C(Cl)c1ccc(Cl)cc1.O=S=O. The molecule has 12 aromatic rings. The van der Waals surface area contributed by atoms with Gasteiger partial charge in [0, 0.05) is 93.5 Å². The Morgan fingerprint density at radius 3 is 1.13 bits per heavy atom. The van der Waals surface area contributed by atoms with Gasteiger partial charge in [-0.15, -0.1) is 69.7 Å². The molecule has 10 aromatic carbocycles. The molecule has 12 rings (SSSR count). The molecule has 1 amide bonds. The topological polar surface area (TPSA) is 144 Å². The lowest BCUT2D eigenvalue weighted by Crippen LogP contribution is -2.11. The first kappa shape index (κ1) is 102. The van der Waals surface area contributed by atoms with Crippen LogP contribution >= 0.6 is 242 Å². The second kappa shape index (κ2) is 60.2. The molecule has 0 aliphatic carbocycles. The van der Waals surface area contributed by atoms with Gasteiger partial charge in [0.1, 0.15) is 15.0 Å². The van der Waals surface area contributed by atoms with Crippen LogP contribution in [0, 0.1) is 6.92 Å². The van der Waals surface area contributed by atoms with Crippen LogP contribution in [0.2, 0.25) is 25.1 Å². The highest BCUT2D eigenvalue weighted by Crippen LogP contribution is 2.34. The molecule has 0 saturated carbocycles. The molecule has 109 heavy (non-hydrogen) atoms. The maximum Gasteiger partial charge on any atom is 0.335 e. The first-order valence-corrected chi connectivity index (χ1v) is 48.3. The van der Waals surface area contributed by atoms with Gasteiger partial charge in [0.25, 0.3) is 11.1 Å². The number of rotatable bonds is 13. The van der Waals surface area contributed by atoms with Crippen molar-refractivity contribution in [3.05, 3.63) is 278 Å². The van der Waals surface area contributed by atoms with E-state index in [1.165, 1.54) is 58.2 Å². The number of thiazole rings is 2. The standard InChI is InChI=1S/C14H12ClNOS.C14H10ClNS2.C14H12ClNS2.C14H10ClNS.C7H4Cl2O.C7H9NS.C3H6I2.2C3H7I.C3H8.O2S/c1-18-13-8-6-12(7-9-13)16-14(17)10-2-4-11(15)5-3-10;1-17-11-6-7-12-13(8-11)18-14(16-12)9-2-4-10(15)5-3-9;1-18-13-8-6-12(7-9-13)16-14(17)10-2-4-11(15)5-3-10;1-9-2-7-12-13(8-9)17-14(16-12)10-3-5-11(15)6-4-10;8-6-3-1-5(2-4-6)7(9)10;1-9-7-4-2-6(8)3-5-7;1-2-3(4)5;1-3(2)4;1-2-3-4;2*1-3-2/h2-9H,1H3,(H,16,17);2-8H,1H3;2-9H,1H3,(H,16,17);2-8H,1H3;1-4H;2-5H,8H2,1H3;3H,2H2,1H3;3H,1-2H3;2-3H2,1H3;3H2,1-2H3;.